The molecular weight excluding hydrogens is 272 g/mol. The Balaban J connectivity index is 3.01. The lowest BCUT2D eigenvalue weighted by molar-refractivity contribution is -0.145. The van der Waals surface area contributed by atoms with Crippen LogP contribution in [0.15, 0.2) is 36.4 Å². The summed E-state index contributed by atoms with van der Waals surface area (Å²) in [5, 5.41) is 0. The lowest BCUT2D eigenvalue weighted by Crippen LogP contribution is -2.20. The van der Waals surface area contributed by atoms with Crippen molar-refractivity contribution in [2.24, 2.45) is 0 Å². The van der Waals surface area contributed by atoms with Gasteiger partial charge in [-0.3, -0.25) is 4.79 Å². The third kappa shape index (κ3) is 5.30. The van der Waals surface area contributed by atoms with E-state index >= 15 is 0 Å². The topological polar surface area (TPSA) is 61.8 Å². The lowest BCUT2D eigenvalue weighted by atomic mass is 9.93. The van der Waals surface area contributed by atoms with E-state index < -0.39 is 12.1 Å². The van der Waals surface area contributed by atoms with E-state index in [9.17, 15) is 9.59 Å². The third-order valence-electron chi connectivity index (χ3n) is 3.00. The number of methoxy groups -OCH3 is 2. The van der Waals surface area contributed by atoms with Gasteiger partial charge in [-0.2, -0.15) is 0 Å². The summed E-state index contributed by atoms with van der Waals surface area (Å²) in [6.45, 7) is 3.13. The molecule has 114 valence electrons. The average molecular weight is 292 g/mol. The first kappa shape index (κ1) is 16.8. The average Bonchev–Trinajstić information content (AvgIpc) is 2.47. The summed E-state index contributed by atoms with van der Waals surface area (Å²) in [4.78, 5) is 22.4. The molecule has 0 unspecified atom stereocenters. The molecule has 0 heterocycles. The summed E-state index contributed by atoms with van der Waals surface area (Å²) < 4.78 is 14.9. The summed E-state index contributed by atoms with van der Waals surface area (Å²) in [6, 6.07) is 7.36. The van der Waals surface area contributed by atoms with Gasteiger partial charge in [-0.1, -0.05) is 18.2 Å². The standard InChI is InChI=1S/C16H20O5/c1-11(21-12(2)17)15(9-10-16(18)20-4)13-5-7-14(19-3)8-6-13/h5-11,15H,1-4H3/b10-9+/t11-,15+/m1/s1. The molecular formula is C16H20O5. The fourth-order valence-electron chi connectivity index (χ4n) is 1.95. The zero-order chi connectivity index (χ0) is 15.8. The number of hydrogen-bond donors (Lipinski definition) is 0. The molecule has 0 N–H and O–H groups in total. The van der Waals surface area contributed by atoms with Gasteiger partial charge in [0.25, 0.3) is 0 Å². The molecule has 5 heteroatoms. The van der Waals surface area contributed by atoms with Crippen LogP contribution in [0.4, 0.5) is 0 Å². The van der Waals surface area contributed by atoms with Gasteiger partial charge >= 0.3 is 11.9 Å². The molecule has 1 rings (SSSR count). The number of ether oxygens (including phenoxy) is 3. The summed E-state index contributed by atoms with van der Waals surface area (Å²) in [7, 11) is 2.90. The van der Waals surface area contributed by atoms with Gasteiger partial charge in [-0.25, -0.2) is 4.79 Å². The molecule has 21 heavy (non-hydrogen) atoms. The zero-order valence-electron chi connectivity index (χ0n) is 12.7. The van der Waals surface area contributed by atoms with Gasteiger partial charge in [-0.15, -0.1) is 0 Å². The second kappa shape index (κ2) is 8.09. The van der Waals surface area contributed by atoms with Crippen molar-refractivity contribution in [3.63, 3.8) is 0 Å². The highest BCUT2D eigenvalue weighted by molar-refractivity contribution is 5.82. The van der Waals surface area contributed by atoms with E-state index in [0.29, 0.717) is 0 Å². The van der Waals surface area contributed by atoms with Crippen LogP contribution in [-0.4, -0.2) is 32.3 Å². The molecule has 0 aliphatic rings. The van der Waals surface area contributed by atoms with Crippen molar-refractivity contribution in [2.75, 3.05) is 14.2 Å². The van der Waals surface area contributed by atoms with E-state index in [0.717, 1.165) is 11.3 Å². The van der Waals surface area contributed by atoms with E-state index in [1.54, 1.807) is 20.1 Å². The molecule has 0 radical (unpaired) electrons. The molecule has 0 spiro atoms. The third-order valence-corrected chi connectivity index (χ3v) is 3.00. The molecule has 0 bridgehead atoms. The van der Waals surface area contributed by atoms with Crippen LogP contribution in [0.5, 0.6) is 5.75 Å². The number of esters is 2. The van der Waals surface area contributed by atoms with Gasteiger partial charge in [0, 0.05) is 18.9 Å². The normalized spacial score (nSPS) is 13.5. The maximum atomic E-state index is 11.3. The number of rotatable bonds is 6. The fraction of sp³-hybridized carbons (Fsp3) is 0.375. The largest absolute Gasteiger partial charge is 0.497 e. The Kier molecular flexibility index (Phi) is 6.46. The summed E-state index contributed by atoms with van der Waals surface area (Å²) in [5.41, 5.74) is 0.907. The minimum Gasteiger partial charge on any atom is -0.497 e. The Morgan fingerprint density at radius 3 is 2.24 bits per heavy atom. The minimum absolute atomic E-state index is 0.251. The Bertz CT molecular complexity index is 504. The highest BCUT2D eigenvalue weighted by Gasteiger charge is 2.20. The van der Waals surface area contributed by atoms with Crippen LogP contribution in [0.3, 0.4) is 0 Å². The van der Waals surface area contributed by atoms with Crippen LogP contribution >= 0.6 is 0 Å². The van der Waals surface area contributed by atoms with Crippen LogP contribution in [0.2, 0.25) is 0 Å². The van der Waals surface area contributed by atoms with E-state index in [1.807, 2.05) is 24.3 Å². The first-order valence-electron chi connectivity index (χ1n) is 6.55. The molecule has 0 amide bonds. The van der Waals surface area contributed by atoms with E-state index in [4.69, 9.17) is 9.47 Å². The molecule has 0 aromatic heterocycles. The van der Waals surface area contributed by atoms with Gasteiger partial charge in [0.15, 0.2) is 0 Å². The Morgan fingerprint density at radius 2 is 1.76 bits per heavy atom. The maximum absolute atomic E-state index is 11.3. The molecule has 5 nitrogen and oxygen atoms in total. The summed E-state index contributed by atoms with van der Waals surface area (Å²) in [5.74, 6) is -0.343. The predicted molar refractivity (Wildman–Crippen MR) is 78.1 cm³/mol. The van der Waals surface area contributed by atoms with Crippen LogP contribution in [-0.2, 0) is 19.1 Å². The molecule has 0 aliphatic heterocycles. The molecule has 0 fully saturated rings. The Labute approximate surface area is 124 Å². The summed E-state index contributed by atoms with van der Waals surface area (Å²) in [6.07, 6.45) is 2.59. The van der Waals surface area contributed by atoms with Gasteiger partial charge in [-0.05, 0) is 24.6 Å². The van der Waals surface area contributed by atoms with Crippen molar-refractivity contribution < 1.29 is 23.8 Å². The molecule has 0 saturated heterocycles. The van der Waals surface area contributed by atoms with Crippen LogP contribution in [0, 0.1) is 0 Å². The van der Waals surface area contributed by atoms with Gasteiger partial charge in [0.1, 0.15) is 11.9 Å². The van der Waals surface area contributed by atoms with Crippen molar-refractivity contribution in [1.29, 1.82) is 0 Å². The van der Waals surface area contributed by atoms with Crippen LogP contribution < -0.4 is 4.74 Å². The zero-order valence-corrected chi connectivity index (χ0v) is 12.7. The first-order valence-corrected chi connectivity index (χ1v) is 6.55. The number of carbonyl (C=O) groups is 2. The SMILES string of the molecule is COC(=O)/C=C/[C@H](c1ccc(OC)cc1)[C@@H](C)OC(C)=O. The van der Waals surface area contributed by atoms with Crippen LogP contribution in [0.25, 0.3) is 0 Å². The quantitative estimate of drug-likeness (QED) is 0.595. The van der Waals surface area contributed by atoms with Crippen LogP contribution in [0.1, 0.15) is 25.3 Å². The Hall–Kier alpha value is -2.30. The van der Waals surface area contributed by atoms with Crippen molar-refractivity contribution in [3.8, 4) is 5.75 Å². The maximum Gasteiger partial charge on any atom is 0.330 e. The predicted octanol–water partition coefficient (Wildman–Crippen LogP) is 2.46. The van der Waals surface area contributed by atoms with Crippen molar-refractivity contribution >= 4 is 11.9 Å². The second-order valence-corrected chi connectivity index (χ2v) is 4.50. The monoisotopic (exact) mass is 292 g/mol. The number of carbonyl (C=O) groups excluding carboxylic acids is 2. The lowest BCUT2D eigenvalue weighted by Gasteiger charge is -2.21. The molecule has 2 atom stereocenters. The van der Waals surface area contributed by atoms with Gasteiger partial charge in [0.2, 0.25) is 0 Å². The van der Waals surface area contributed by atoms with Crippen molar-refractivity contribution in [2.45, 2.75) is 25.9 Å². The summed E-state index contributed by atoms with van der Waals surface area (Å²) >= 11 is 0. The first-order chi connectivity index (χ1) is 9.97. The highest BCUT2D eigenvalue weighted by atomic mass is 16.5. The van der Waals surface area contributed by atoms with E-state index in [-0.39, 0.29) is 11.9 Å². The molecule has 0 saturated carbocycles. The number of benzene rings is 1. The van der Waals surface area contributed by atoms with Crippen molar-refractivity contribution in [3.05, 3.63) is 42.0 Å². The van der Waals surface area contributed by atoms with Crippen molar-refractivity contribution in [1.82, 2.24) is 0 Å². The molecule has 0 aliphatic carbocycles. The highest BCUT2D eigenvalue weighted by Crippen LogP contribution is 2.25. The minimum atomic E-state index is -0.455. The van der Waals surface area contributed by atoms with Gasteiger partial charge < -0.3 is 14.2 Å². The smallest absolute Gasteiger partial charge is 0.330 e. The Morgan fingerprint density at radius 1 is 1.14 bits per heavy atom. The molecule has 1 aromatic carbocycles. The molecule has 1 aromatic rings. The fourth-order valence-corrected chi connectivity index (χ4v) is 1.95. The number of hydrogen-bond acceptors (Lipinski definition) is 5. The second-order valence-electron chi connectivity index (χ2n) is 4.50. The van der Waals surface area contributed by atoms with Gasteiger partial charge in [0.05, 0.1) is 14.2 Å². The van der Waals surface area contributed by atoms with E-state index in [2.05, 4.69) is 4.74 Å². The van der Waals surface area contributed by atoms with E-state index in [1.165, 1.54) is 20.1 Å².